The molecule has 0 unspecified atom stereocenters. The van der Waals surface area contributed by atoms with Crippen molar-refractivity contribution < 1.29 is 9.90 Å². The Bertz CT molecular complexity index is 594. The Morgan fingerprint density at radius 2 is 1.80 bits per heavy atom. The van der Waals surface area contributed by atoms with Gasteiger partial charge in [-0.2, -0.15) is 0 Å². The number of nitrogens with zero attached hydrogens (tertiary/aromatic N) is 1. The molecule has 0 radical (unpaired) electrons. The molecule has 0 aliphatic heterocycles. The predicted octanol–water partition coefficient (Wildman–Crippen LogP) is 4.07. The van der Waals surface area contributed by atoms with Gasteiger partial charge in [-0.05, 0) is 35.6 Å². The second kappa shape index (κ2) is 5.95. The summed E-state index contributed by atoms with van der Waals surface area (Å²) >= 11 is 0. The van der Waals surface area contributed by atoms with Gasteiger partial charge in [-0.3, -0.25) is 0 Å². The van der Waals surface area contributed by atoms with E-state index in [2.05, 4.69) is 45.0 Å². The van der Waals surface area contributed by atoms with Crippen molar-refractivity contribution in [2.24, 2.45) is 5.92 Å². The van der Waals surface area contributed by atoms with E-state index in [4.69, 9.17) is 0 Å². The molecule has 2 rings (SSSR count). The molecular formula is C17H21NO2. The molecule has 0 bridgehead atoms. The molecule has 0 atom stereocenters. The van der Waals surface area contributed by atoms with Crippen LogP contribution >= 0.6 is 0 Å². The first-order valence-corrected chi connectivity index (χ1v) is 7.05. The molecule has 3 nitrogen and oxygen atoms in total. The lowest BCUT2D eigenvalue weighted by molar-refractivity contribution is 0.0684. The van der Waals surface area contributed by atoms with Crippen molar-refractivity contribution in [3.63, 3.8) is 0 Å². The largest absolute Gasteiger partial charge is 0.477 e. The number of rotatable bonds is 5. The van der Waals surface area contributed by atoms with Crippen LogP contribution in [0.4, 0.5) is 0 Å². The van der Waals surface area contributed by atoms with E-state index in [1.54, 1.807) is 6.07 Å². The normalized spacial score (nSPS) is 11.0. The van der Waals surface area contributed by atoms with Gasteiger partial charge in [0, 0.05) is 12.2 Å². The van der Waals surface area contributed by atoms with Crippen LogP contribution in [0.15, 0.2) is 36.4 Å². The molecule has 0 aliphatic rings. The molecule has 0 saturated carbocycles. The highest BCUT2D eigenvalue weighted by Gasteiger charge is 2.15. The number of carboxylic acid groups (broad SMARTS) is 1. The fourth-order valence-electron chi connectivity index (χ4n) is 2.38. The molecule has 2 aromatic rings. The Labute approximate surface area is 119 Å². The highest BCUT2D eigenvalue weighted by atomic mass is 16.4. The number of aromatic nitrogens is 1. The maximum atomic E-state index is 11.3. The molecule has 106 valence electrons. The van der Waals surface area contributed by atoms with E-state index >= 15 is 0 Å². The predicted molar refractivity (Wildman–Crippen MR) is 81.0 cm³/mol. The molecule has 0 spiro atoms. The minimum absolute atomic E-state index is 0.355. The maximum Gasteiger partial charge on any atom is 0.352 e. The first-order chi connectivity index (χ1) is 9.52. The summed E-state index contributed by atoms with van der Waals surface area (Å²) in [5, 5.41) is 9.30. The molecular weight excluding hydrogens is 250 g/mol. The van der Waals surface area contributed by atoms with Crippen LogP contribution in [-0.4, -0.2) is 15.6 Å². The second-order valence-electron chi connectivity index (χ2n) is 5.46. The third-order valence-corrected chi connectivity index (χ3v) is 3.41. The van der Waals surface area contributed by atoms with Crippen molar-refractivity contribution in [2.45, 2.75) is 33.7 Å². The third-order valence-electron chi connectivity index (χ3n) is 3.41. The molecule has 20 heavy (non-hydrogen) atoms. The van der Waals surface area contributed by atoms with Crippen LogP contribution in [0.5, 0.6) is 0 Å². The summed E-state index contributed by atoms with van der Waals surface area (Å²) in [6.07, 6.45) is 1.01. The van der Waals surface area contributed by atoms with Crippen LogP contribution in [0, 0.1) is 5.92 Å². The van der Waals surface area contributed by atoms with Crippen LogP contribution in [-0.2, 0) is 13.0 Å². The Morgan fingerprint density at radius 1 is 1.15 bits per heavy atom. The van der Waals surface area contributed by atoms with Gasteiger partial charge in [-0.15, -0.1) is 0 Å². The lowest BCUT2D eigenvalue weighted by Crippen LogP contribution is -2.13. The standard InChI is InChI=1S/C17H21NO2/c1-4-13-5-7-14(8-6-13)15-9-10-16(17(19)20)18(15)11-12(2)3/h5-10,12H,4,11H2,1-3H3,(H,19,20). The Kier molecular flexibility index (Phi) is 4.28. The zero-order chi connectivity index (χ0) is 14.7. The number of carboxylic acids is 1. The van der Waals surface area contributed by atoms with E-state index in [-0.39, 0.29) is 0 Å². The van der Waals surface area contributed by atoms with Crippen molar-refractivity contribution in [1.29, 1.82) is 0 Å². The van der Waals surface area contributed by atoms with Crippen LogP contribution in [0.2, 0.25) is 0 Å². The third kappa shape index (κ3) is 2.93. The summed E-state index contributed by atoms with van der Waals surface area (Å²) < 4.78 is 1.90. The van der Waals surface area contributed by atoms with Gasteiger partial charge in [-0.1, -0.05) is 45.0 Å². The van der Waals surface area contributed by atoms with Crippen molar-refractivity contribution in [3.05, 3.63) is 47.7 Å². The van der Waals surface area contributed by atoms with Crippen molar-refractivity contribution in [3.8, 4) is 11.3 Å². The molecule has 0 fully saturated rings. The average Bonchev–Trinajstić information content (AvgIpc) is 2.82. The van der Waals surface area contributed by atoms with E-state index in [1.165, 1.54) is 5.56 Å². The molecule has 0 saturated heterocycles. The van der Waals surface area contributed by atoms with Gasteiger partial charge < -0.3 is 9.67 Å². The maximum absolute atomic E-state index is 11.3. The summed E-state index contributed by atoms with van der Waals surface area (Å²) in [5.74, 6) is -0.476. The molecule has 1 heterocycles. The van der Waals surface area contributed by atoms with Gasteiger partial charge >= 0.3 is 5.97 Å². The Morgan fingerprint density at radius 3 is 2.30 bits per heavy atom. The molecule has 1 aromatic carbocycles. The van der Waals surface area contributed by atoms with Gasteiger partial charge in [0.05, 0.1) is 0 Å². The monoisotopic (exact) mass is 271 g/mol. The minimum atomic E-state index is -0.873. The van der Waals surface area contributed by atoms with E-state index in [0.29, 0.717) is 18.2 Å². The van der Waals surface area contributed by atoms with Crippen LogP contribution in [0.3, 0.4) is 0 Å². The summed E-state index contributed by atoms with van der Waals surface area (Å²) in [4.78, 5) is 11.3. The SMILES string of the molecule is CCc1ccc(-c2ccc(C(=O)O)n2CC(C)C)cc1. The lowest BCUT2D eigenvalue weighted by Gasteiger charge is -2.14. The summed E-state index contributed by atoms with van der Waals surface area (Å²) in [5.41, 5.74) is 3.68. The molecule has 0 amide bonds. The summed E-state index contributed by atoms with van der Waals surface area (Å²) in [6.45, 7) is 7.02. The highest BCUT2D eigenvalue weighted by Crippen LogP contribution is 2.24. The first-order valence-electron chi connectivity index (χ1n) is 7.05. The first kappa shape index (κ1) is 14.4. The highest BCUT2D eigenvalue weighted by molar-refractivity contribution is 5.87. The van der Waals surface area contributed by atoms with Gasteiger partial charge in [-0.25, -0.2) is 4.79 Å². The average molecular weight is 271 g/mol. The quantitative estimate of drug-likeness (QED) is 0.890. The minimum Gasteiger partial charge on any atom is -0.477 e. The Balaban J connectivity index is 2.46. The van der Waals surface area contributed by atoms with Crippen LogP contribution in [0.25, 0.3) is 11.3 Å². The summed E-state index contributed by atoms with van der Waals surface area (Å²) in [6, 6.07) is 11.9. The molecule has 3 heteroatoms. The number of aryl methyl sites for hydroxylation is 1. The Hall–Kier alpha value is -2.03. The van der Waals surface area contributed by atoms with E-state index in [0.717, 1.165) is 17.7 Å². The number of aromatic carboxylic acids is 1. The summed E-state index contributed by atoms with van der Waals surface area (Å²) in [7, 11) is 0. The number of benzene rings is 1. The number of carbonyl (C=O) groups is 1. The number of hydrogen-bond acceptors (Lipinski definition) is 1. The smallest absolute Gasteiger partial charge is 0.352 e. The van der Waals surface area contributed by atoms with Crippen molar-refractivity contribution in [2.75, 3.05) is 0 Å². The van der Waals surface area contributed by atoms with E-state index < -0.39 is 5.97 Å². The van der Waals surface area contributed by atoms with Crippen molar-refractivity contribution in [1.82, 2.24) is 4.57 Å². The fourth-order valence-corrected chi connectivity index (χ4v) is 2.38. The zero-order valence-electron chi connectivity index (χ0n) is 12.3. The van der Waals surface area contributed by atoms with E-state index in [9.17, 15) is 9.90 Å². The fraction of sp³-hybridized carbons (Fsp3) is 0.353. The lowest BCUT2D eigenvalue weighted by atomic mass is 10.1. The molecule has 1 aromatic heterocycles. The zero-order valence-corrected chi connectivity index (χ0v) is 12.3. The second-order valence-corrected chi connectivity index (χ2v) is 5.46. The van der Waals surface area contributed by atoms with Crippen molar-refractivity contribution >= 4 is 5.97 Å². The molecule has 0 aliphatic carbocycles. The molecule has 1 N–H and O–H groups in total. The van der Waals surface area contributed by atoms with Gasteiger partial charge in [0.15, 0.2) is 0 Å². The number of hydrogen-bond donors (Lipinski definition) is 1. The van der Waals surface area contributed by atoms with Crippen LogP contribution < -0.4 is 0 Å². The van der Waals surface area contributed by atoms with Gasteiger partial charge in [0.1, 0.15) is 5.69 Å². The van der Waals surface area contributed by atoms with E-state index in [1.807, 2.05) is 10.6 Å². The van der Waals surface area contributed by atoms with Gasteiger partial charge in [0.2, 0.25) is 0 Å². The topological polar surface area (TPSA) is 42.2 Å². The van der Waals surface area contributed by atoms with Gasteiger partial charge in [0.25, 0.3) is 0 Å². The van der Waals surface area contributed by atoms with Crippen LogP contribution in [0.1, 0.15) is 36.8 Å².